The lowest BCUT2D eigenvalue weighted by atomic mass is 10.2. The lowest BCUT2D eigenvalue weighted by Crippen LogP contribution is -2.12. The van der Waals surface area contributed by atoms with Gasteiger partial charge in [-0.25, -0.2) is 0 Å². The number of aryl methyl sites for hydroxylation is 1. The molecule has 0 atom stereocenters. The van der Waals surface area contributed by atoms with E-state index in [9.17, 15) is 4.79 Å². The molecule has 1 amide bonds. The number of rotatable bonds is 4. The van der Waals surface area contributed by atoms with E-state index in [1.807, 2.05) is 24.3 Å². The Balaban J connectivity index is 1.91. The molecule has 19 heavy (non-hydrogen) atoms. The molecule has 2 aromatic rings. The van der Waals surface area contributed by atoms with E-state index in [1.165, 1.54) is 0 Å². The van der Waals surface area contributed by atoms with Crippen molar-refractivity contribution in [3.8, 4) is 0 Å². The Morgan fingerprint density at radius 1 is 1.32 bits per heavy atom. The fraction of sp³-hybridized carbons (Fsp3) is 0.143. The van der Waals surface area contributed by atoms with Crippen molar-refractivity contribution in [2.24, 2.45) is 0 Å². The average Bonchev–Trinajstić information content (AvgIpc) is 2.41. The summed E-state index contributed by atoms with van der Waals surface area (Å²) in [6.45, 7) is 0. The first-order valence-electron chi connectivity index (χ1n) is 5.80. The normalized spacial score (nSPS) is 10.2. The minimum absolute atomic E-state index is 0.0742. The number of halogens is 2. The lowest BCUT2D eigenvalue weighted by molar-refractivity contribution is -0.116. The fourth-order valence-electron chi connectivity index (χ4n) is 1.59. The van der Waals surface area contributed by atoms with E-state index in [-0.39, 0.29) is 5.91 Å². The van der Waals surface area contributed by atoms with Gasteiger partial charge in [0, 0.05) is 22.8 Å². The summed E-state index contributed by atoms with van der Waals surface area (Å²) in [7, 11) is 0. The van der Waals surface area contributed by atoms with Gasteiger partial charge in [0.15, 0.2) is 0 Å². The van der Waals surface area contributed by atoms with E-state index in [0.717, 1.165) is 10.2 Å². The van der Waals surface area contributed by atoms with Gasteiger partial charge in [-0.05, 0) is 36.8 Å². The van der Waals surface area contributed by atoms with Gasteiger partial charge in [-0.2, -0.15) is 0 Å². The summed E-state index contributed by atoms with van der Waals surface area (Å²) in [6.07, 6.45) is 2.71. The summed E-state index contributed by atoms with van der Waals surface area (Å²) in [5.41, 5.74) is 1.52. The number of aromatic nitrogens is 1. The van der Waals surface area contributed by atoms with Crippen LogP contribution in [0.1, 0.15) is 12.1 Å². The Kier molecular flexibility index (Phi) is 4.93. The highest BCUT2D eigenvalue weighted by molar-refractivity contribution is 9.10. The maximum absolute atomic E-state index is 11.8. The zero-order valence-electron chi connectivity index (χ0n) is 10.1. The first kappa shape index (κ1) is 14.0. The zero-order chi connectivity index (χ0) is 13.7. The van der Waals surface area contributed by atoms with E-state index < -0.39 is 0 Å². The molecule has 1 N–H and O–H groups in total. The van der Waals surface area contributed by atoms with E-state index >= 15 is 0 Å². The van der Waals surface area contributed by atoms with Crippen LogP contribution in [0.15, 0.2) is 47.1 Å². The van der Waals surface area contributed by atoms with E-state index in [4.69, 9.17) is 11.6 Å². The van der Waals surface area contributed by atoms with Crippen LogP contribution in [0.3, 0.4) is 0 Å². The van der Waals surface area contributed by atoms with Gasteiger partial charge in [0.05, 0.1) is 10.7 Å². The van der Waals surface area contributed by atoms with Gasteiger partial charge in [0.2, 0.25) is 5.91 Å². The van der Waals surface area contributed by atoms with Gasteiger partial charge in [0.1, 0.15) is 0 Å². The summed E-state index contributed by atoms with van der Waals surface area (Å²) >= 11 is 9.35. The third kappa shape index (κ3) is 4.33. The van der Waals surface area contributed by atoms with E-state index in [0.29, 0.717) is 23.6 Å². The van der Waals surface area contributed by atoms with Crippen LogP contribution < -0.4 is 5.32 Å². The Morgan fingerprint density at radius 2 is 2.16 bits per heavy atom. The second-order valence-corrected chi connectivity index (χ2v) is 5.32. The van der Waals surface area contributed by atoms with Crippen molar-refractivity contribution >= 4 is 39.1 Å². The number of amides is 1. The quantitative estimate of drug-likeness (QED) is 0.912. The van der Waals surface area contributed by atoms with Crippen molar-refractivity contribution in [1.82, 2.24) is 4.98 Å². The van der Waals surface area contributed by atoms with Crippen LogP contribution >= 0.6 is 27.5 Å². The second-order valence-electron chi connectivity index (χ2n) is 3.99. The number of benzene rings is 1. The summed E-state index contributed by atoms with van der Waals surface area (Å²) in [4.78, 5) is 16.0. The predicted molar refractivity (Wildman–Crippen MR) is 80.3 cm³/mol. The molecule has 0 saturated heterocycles. The summed E-state index contributed by atoms with van der Waals surface area (Å²) < 4.78 is 0.879. The molecule has 2 rings (SSSR count). The van der Waals surface area contributed by atoms with Crippen LogP contribution in [0.4, 0.5) is 5.69 Å². The third-order valence-corrected chi connectivity index (χ3v) is 3.35. The van der Waals surface area contributed by atoms with Crippen molar-refractivity contribution in [1.29, 1.82) is 0 Å². The number of nitrogens with one attached hydrogen (secondary N) is 1. The highest BCUT2D eigenvalue weighted by Gasteiger charge is 2.06. The summed E-state index contributed by atoms with van der Waals surface area (Å²) in [6, 6.07) is 11.0. The molecule has 1 heterocycles. The first-order chi connectivity index (χ1) is 9.15. The number of hydrogen-bond acceptors (Lipinski definition) is 2. The molecule has 0 radical (unpaired) electrons. The van der Waals surface area contributed by atoms with Crippen molar-refractivity contribution in [3.63, 3.8) is 0 Å². The lowest BCUT2D eigenvalue weighted by Gasteiger charge is -2.07. The van der Waals surface area contributed by atoms with Crippen LogP contribution in [-0.4, -0.2) is 10.9 Å². The maximum atomic E-state index is 11.8. The van der Waals surface area contributed by atoms with Crippen molar-refractivity contribution in [2.75, 3.05) is 5.32 Å². The minimum atomic E-state index is -0.0742. The van der Waals surface area contributed by atoms with Crippen LogP contribution in [0.25, 0.3) is 0 Å². The smallest absolute Gasteiger partial charge is 0.224 e. The molecule has 0 aliphatic carbocycles. The Morgan fingerprint density at radius 3 is 2.84 bits per heavy atom. The molecule has 0 fully saturated rings. The molecule has 98 valence electrons. The number of carbonyl (C=O) groups is 1. The first-order valence-corrected chi connectivity index (χ1v) is 6.97. The number of nitrogens with zero attached hydrogens (tertiary/aromatic N) is 1. The van der Waals surface area contributed by atoms with Crippen molar-refractivity contribution in [2.45, 2.75) is 12.8 Å². The molecule has 0 spiro atoms. The maximum Gasteiger partial charge on any atom is 0.224 e. The fourth-order valence-corrected chi connectivity index (χ4v) is 2.31. The van der Waals surface area contributed by atoms with Crippen LogP contribution in [-0.2, 0) is 11.2 Å². The number of pyridine rings is 1. The molecule has 0 aliphatic rings. The summed E-state index contributed by atoms with van der Waals surface area (Å²) in [5, 5.41) is 3.30. The predicted octanol–water partition coefficient (Wildman–Crippen LogP) is 4.07. The third-order valence-electron chi connectivity index (χ3n) is 2.54. The van der Waals surface area contributed by atoms with Crippen LogP contribution in [0.5, 0.6) is 0 Å². The van der Waals surface area contributed by atoms with Crippen molar-refractivity contribution < 1.29 is 4.79 Å². The number of carbonyl (C=O) groups excluding carboxylic acids is 1. The van der Waals surface area contributed by atoms with Crippen LogP contribution in [0, 0.1) is 0 Å². The molecule has 1 aromatic heterocycles. The molecular formula is C14H12BrClN2O. The number of hydrogen-bond donors (Lipinski definition) is 1. The highest BCUT2D eigenvalue weighted by atomic mass is 79.9. The Hall–Kier alpha value is -1.39. The second kappa shape index (κ2) is 6.68. The van der Waals surface area contributed by atoms with E-state index in [1.54, 1.807) is 18.3 Å². The molecule has 0 unspecified atom stereocenters. The number of anilines is 1. The van der Waals surface area contributed by atoms with Crippen molar-refractivity contribution in [3.05, 3.63) is 57.8 Å². The topological polar surface area (TPSA) is 42.0 Å². The molecule has 3 nitrogen and oxygen atoms in total. The molecule has 0 aliphatic heterocycles. The molecule has 5 heteroatoms. The SMILES string of the molecule is O=C(CCc1ccccn1)Nc1ccc(Br)cc1Cl. The Bertz CT molecular complexity index is 575. The summed E-state index contributed by atoms with van der Waals surface area (Å²) in [5.74, 6) is -0.0742. The monoisotopic (exact) mass is 338 g/mol. The Labute approximate surface area is 125 Å². The molecule has 1 aromatic carbocycles. The standard InChI is InChI=1S/C14H12BrClN2O/c15-10-4-6-13(12(16)9-10)18-14(19)7-5-11-3-1-2-8-17-11/h1-4,6,8-9H,5,7H2,(H,18,19). The van der Waals surface area contributed by atoms with Gasteiger partial charge >= 0.3 is 0 Å². The molecular weight excluding hydrogens is 328 g/mol. The van der Waals surface area contributed by atoms with Gasteiger partial charge in [-0.15, -0.1) is 0 Å². The molecule has 0 saturated carbocycles. The molecule has 0 bridgehead atoms. The largest absolute Gasteiger partial charge is 0.325 e. The minimum Gasteiger partial charge on any atom is -0.325 e. The van der Waals surface area contributed by atoms with Crippen LogP contribution in [0.2, 0.25) is 5.02 Å². The van der Waals surface area contributed by atoms with Gasteiger partial charge in [-0.1, -0.05) is 33.6 Å². The van der Waals surface area contributed by atoms with Gasteiger partial charge in [-0.3, -0.25) is 9.78 Å². The van der Waals surface area contributed by atoms with E-state index in [2.05, 4.69) is 26.2 Å². The average molecular weight is 340 g/mol. The van der Waals surface area contributed by atoms with Gasteiger partial charge in [0.25, 0.3) is 0 Å². The van der Waals surface area contributed by atoms with Gasteiger partial charge < -0.3 is 5.32 Å². The highest BCUT2D eigenvalue weighted by Crippen LogP contribution is 2.25. The zero-order valence-corrected chi connectivity index (χ0v) is 12.4.